The predicted octanol–water partition coefficient (Wildman–Crippen LogP) is 4.05. The Morgan fingerprint density at radius 1 is 1.00 bits per heavy atom. The fourth-order valence-corrected chi connectivity index (χ4v) is 4.52. The van der Waals surface area contributed by atoms with Crippen molar-refractivity contribution in [2.45, 2.75) is 19.5 Å². The molecule has 3 aromatic carbocycles. The molecule has 1 N–H and O–H groups in total. The van der Waals surface area contributed by atoms with E-state index >= 15 is 0 Å². The molecule has 0 aromatic heterocycles. The van der Waals surface area contributed by atoms with Gasteiger partial charge in [0, 0.05) is 5.56 Å². The molecule has 9 heteroatoms. The molecule has 0 radical (unpaired) electrons. The summed E-state index contributed by atoms with van der Waals surface area (Å²) in [6.45, 7) is 2.90. The van der Waals surface area contributed by atoms with Crippen molar-refractivity contribution in [3.8, 4) is 11.5 Å². The topological polar surface area (TPSA) is 84.9 Å². The molecule has 4 rings (SSSR count). The Hall–Kier alpha value is -3.59. The molecule has 0 saturated carbocycles. The lowest BCUT2D eigenvalue weighted by Gasteiger charge is -2.23. The van der Waals surface area contributed by atoms with Gasteiger partial charge in [-0.3, -0.25) is 9.10 Å². The van der Waals surface area contributed by atoms with E-state index in [-0.39, 0.29) is 18.5 Å². The number of rotatable bonds is 7. The van der Waals surface area contributed by atoms with E-state index in [9.17, 15) is 17.6 Å². The van der Waals surface area contributed by atoms with Gasteiger partial charge in [-0.25, -0.2) is 12.8 Å². The fraction of sp³-hybridized carbons (Fsp3) is 0.240. The highest BCUT2D eigenvalue weighted by Crippen LogP contribution is 2.32. The van der Waals surface area contributed by atoms with Crippen LogP contribution in [0.15, 0.2) is 66.7 Å². The zero-order valence-electron chi connectivity index (χ0n) is 18.8. The molecule has 178 valence electrons. The minimum atomic E-state index is -3.61. The molecule has 34 heavy (non-hydrogen) atoms. The van der Waals surface area contributed by atoms with Crippen molar-refractivity contribution in [2.24, 2.45) is 0 Å². The van der Waals surface area contributed by atoms with E-state index in [1.807, 2.05) is 25.1 Å². The molecule has 0 bridgehead atoms. The van der Waals surface area contributed by atoms with Crippen LogP contribution >= 0.6 is 0 Å². The van der Waals surface area contributed by atoms with Gasteiger partial charge in [0.05, 0.1) is 24.5 Å². The smallest absolute Gasteiger partial charge is 0.251 e. The number of carbonyl (C=O) groups excluding carboxylic acids is 1. The van der Waals surface area contributed by atoms with Gasteiger partial charge in [0.25, 0.3) is 5.91 Å². The van der Waals surface area contributed by atoms with Crippen molar-refractivity contribution in [3.05, 3.63) is 89.2 Å². The summed E-state index contributed by atoms with van der Waals surface area (Å²) in [7, 11) is -3.61. The van der Waals surface area contributed by atoms with E-state index in [4.69, 9.17) is 9.47 Å². The number of hydrogen-bond donors (Lipinski definition) is 1. The zero-order valence-corrected chi connectivity index (χ0v) is 19.6. The lowest BCUT2D eigenvalue weighted by Crippen LogP contribution is -2.29. The Morgan fingerprint density at radius 2 is 1.65 bits per heavy atom. The van der Waals surface area contributed by atoms with Crippen molar-refractivity contribution >= 4 is 21.6 Å². The van der Waals surface area contributed by atoms with Crippen molar-refractivity contribution in [2.75, 3.05) is 23.8 Å². The van der Waals surface area contributed by atoms with Crippen molar-refractivity contribution in [1.29, 1.82) is 0 Å². The number of nitrogens with zero attached hydrogens (tertiary/aromatic N) is 1. The van der Waals surface area contributed by atoms with E-state index in [1.54, 1.807) is 24.3 Å². The fourth-order valence-electron chi connectivity index (χ4n) is 3.63. The summed E-state index contributed by atoms with van der Waals surface area (Å²) in [5.74, 6) is 0.644. The van der Waals surface area contributed by atoms with Crippen LogP contribution in [0.3, 0.4) is 0 Å². The number of sulfonamides is 1. The quantitative estimate of drug-likeness (QED) is 0.547. The molecule has 1 atom stereocenters. The van der Waals surface area contributed by atoms with Crippen LogP contribution in [0.5, 0.6) is 11.5 Å². The average molecular weight is 485 g/mol. The number of amides is 1. The highest BCUT2D eigenvalue weighted by Gasteiger charge is 2.20. The highest BCUT2D eigenvalue weighted by molar-refractivity contribution is 7.92. The summed E-state index contributed by atoms with van der Waals surface area (Å²) in [4.78, 5) is 12.8. The normalized spacial score (nSPS) is 13.7. The highest BCUT2D eigenvalue weighted by atomic mass is 32.2. The van der Waals surface area contributed by atoms with Crippen LogP contribution in [-0.4, -0.2) is 33.8 Å². The largest absolute Gasteiger partial charge is 0.486 e. The average Bonchev–Trinajstić information content (AvgIpc) is 2.82. The van der Waals surface area contributed by atoms with Crippen LogP contribution in [0.25, 0.3) is 0 Å². The van der Waals surface area contributed by atoms with Crippen LogP contribution in [0.2, 0.25) is 0 Å². The third kappa shape index (κ3) is 5.48. The van der Waals surface area contributed by atoms with Gasteiger partial charge in [-0.2, -0.15) is 0 Å². The van der Waals surface area contributed by atoms with Gasteiger partial charge in [0.1, 0.15) is 19.0 Å². The summed E-state index contributed by atoms with van der Waals surface area (Å²) in [6.07, 6.45) is 1.10. The summed E-state index contributed by atoms with van der Waals surface area (Å²) in [5, 5.41) is 2.94. The van der Waals surface area contributed by atoms with Crippen molar-refractivity contribution in [1.82, 2.24) is 5.32 Å². The second kappa shape index (κ2) is 9.72. The number of anilines is 1. The minimum Gasteiger partial charge on any atom is -0.486 e. The standard InChI is InChI=1S/C25H25FN2O5S/c1-17(20-7-12-23-24(15-20)33-14-13-32-23)27-25(29)19-5-10-22(11-6-19)28(34(2,30)31)16-18-3-8-21(26)9-4-18/h3-12,15,17H,13-14,16H2,1-2H3,(H,27,29)/t17-/m1/s1. The van der Waals surface area contributed by atoms with Gasteiger partial charge in [0.2, 0.25) is 10.0 Å². The maximum Gasteiger partial charge on any atom is 0.251 e. The molecule has 0 saturated heterocycles. The Morgan fingerprint density at radius 3 is 2.29 bits per heavy atom. The first kappa shape index (κ1) is 23.6. The molecule has 0 aliphatic carbocycles. The Labute approximate surface area is 198 Å². The second-order valence-electron chi connectivity index (χ2n) is 8.04. The maximum absolute atomic E-state index is 13.2. The lowest BCUT2D eigenvalue weighted by atomic mass is 10.1. The molecule has 3 aromatic rings. The number of hydrogen-bond acceptors (Lipinski definition) is 5. The molecule has 1 amide bonds. The van der Waals surface area contributed by atoms with Gasteiger partial charge in [0.15, 0.2) is 11.5 Å². The first-order chi connectivity index (χ1) is 16.2. The predicted molar refractivity (Wildman–Crippen MR) is 127 cm³/mol. The number of benzene rings is 3. The molecular formula is C25H25FN2O5S. The Kier molecular flexibility index (Phi) is 6.74. The molecule has 1 aliphatic rings. The molecule has 7 nitrogen and oxygen atoms in total. The van der Waals surface area contributed by atoms with E-state index in [0.717, 1.165) is 11.8 Å². The van der Waals surface area contributed by atoms with Crippen LogP contribution in [-0.2, 0) is 16.6 Å². The van der Waals surface area contributed by atoms with Crippen LogP contribution in [0, 0.1) is 5.82 Å². The van der Waals surface area contributed by atoms with Crippen molar-refractivity contribution in [3.63, 3.8) is 0 Å². The number of halogens is 1. The summed E-state index contributed by atoms with van der Waals surface area (Å²) < 4.78 is 50.3. The molecule has 1 heterocycles. The van der Waals surface area contributed by atoms with Crippen LogP contribution in [0.1, 0.15) is 34.5 Å². The number of nitrogens with one attached hydrogen (secondary N) is 1. The van der Waals surface area contributed by atoms with E-state index in [1.165, 1.54) is 28.6 Å². The van der Waals surface area contributed by atoms with Crippen LogP contribution in [0.4, 0.5) is 10.1 Å². The molecule has 0 spiro atoms. The third-order valence-corrected chi connectivity index (χ3v) is 6.61. The first-order valence-electron chi connectivity index (χ1n) is 10.7. The van der Waals surface area contributed by atoms with Crippen molar-refractivity contribution < 1.29 is 27.1 Å². The molecular weight excluding hydrogens is 459 g/mol. The van der Waals surface area contributed by atoms with Gasteiger partial charge < -0.3 is 14.8 Å². The van der Waals surface area contributed by atoms with E-state index < -0.39 is 15.8 Å². The third-order valence-electron chi connectivity index (χ3n) is 5.47. The minimum absolute atomic E-state index is 0.0474. The monoisotopic (exact) mass is 484 g/mol. The number of fused-ring (bicyclic) bond motifs is 1. The summed E-state index contributed by atoms with van der Waals surface area (Å²) in [5.41, 5.74) is 2.31. The maximum atomic E-state index is 13.2. The van der Waals surface area contributed by atoms with Gasteiger partial charge in [-0.15, -0.1) is 0 Å². The lowest BCUT2D eigenvalue weighted by molar-refractivity contribution is 0.0939. The number of ether oxygens (including phenoxy) is 2. The van der Waals surface area contributed by atoms with E-state index in [0.29, 0.717) is 41.5 Å². The summed E-state index contributed by atoms with van der Waals surface area (Å²) in [6, 6.07) is 17.2. The Balaban J connectivity index is 1.47. The number of carbonyl (C=O) groups is 1. The molecule has 0 fully saturated rings. The van der Waals surface area contributed by atoms with Gasteiger partial charge in [-0.05, 0) is 66.6 Å². The second-order valence-corrected chi connectivity index (χ2v) is 9.95. The molecule has 1 aliphatic heterocycles. The Bertz CT molecular complexity index is 1280. The first-order valence-corrected chi connectivity index (χ1v) is 12.6. The van der Waals surface area contributed by atoms with Gasteiger partial charge in [-0.1, -0.05) is 18.2 Å². The molecule has 0 unspecified atom stereocenters. The SMILES string of the molecule is C[C@@H](NC(=O)c1ccc(N(Cc2ccc(F)cc2)S(C)(=O)=O)cc1)c1ccc2c(c1)OCCO2. The van der Waals surface area contributed by atoms with Crippen LogP contribution < -0.4 is 19.1 Å². The zero-order chi connectivity index (χ0) is 24.3. The summed E-state index contributed by atoms with van der Waals surface area (Å²) >= 11 is 0. The van der Waals surface area contributed by atoms with E-state index in [2.05, 4.69) is 5.32 Å². The van der Waals surface area contributed by atoms with Gasteiger partial charge >= 0.3 is 0 Å².